The molecule has 0 aliphatic rings. The molecule has 2 N–H and O–H groups in total. The van der Waals surface area contributed by atoms with E-state index in [0.29, 0.717) is 12.4 Å². The van der Waals surface area contributed by atoms with Gasteiger partial charge in [-0.25, -0.2) is 9.97 Å². The monoisotopic (exact) mass is 303 g/mol. The van der Waals surface area contributed by atoms with Crippen LogP contribution < -0.4 is 10.5 Å². The smallest absolute Gasteiger partial charge is 0.189 e. The summed E-state index contributed by atoms with van der Waals surface area (Å²) in [5.74, 6) is 2.37. The second-order valence-corrected chi connectivity index (χ2v) is 6.15. The number of hydrogen-bond donors (Lipinski definition) is 1. The molecule has 4 nitrogen and oxygen atoms in total. The summed E-state index contributed by atoms with van der Waals surface area (Å²) in [6, 6.07) is 8.03. The van der Waals surface area contributed by atoms with Crippen LogP contribution in [0.2, 0.25) is 0 Å². The zero-order chi connectivity index (χ0) is 15.2. The van der Waals surface area contributed by atoms with Crippen molar-refractivity contribution in [3.63, 3.8) is 0 Å². The van der Waals surface area contributed by atoms with Crippen molar-refractivity contribution in [2.75, 3.05) is 18.1 Å². The first-order valence-electron chi connectivity index (χ1n) is 6.98. The molecule has 2 aromatic rings. The Balaban J connectivity index is 1.74. The van der Waals surface area contributed by atoms with E-state index in [4.69, 9.17) is 10.5 Å². The molecule has 0 saturated carbocycles. The maximum Gasteiger partial charge on any atom is 0.189 e. The summed E-state index contributed by atoms with van der Waals surface area (Å²) in [4.78, 5) is 8.55. The lowest BCUT2D eigenvalue weighted by Crippen LogP contribution is -2.01. The number of nitrogens with zero attached hydrogens (tertiary/aromatic N) is 2. The van der Waals surface area contributed by atoms with Gasteiger partial charge >= 0.3 is 0 Å². The molecule has 0 radical (unpaired) electrons. The van der Waals surface area contributed by atoms with Crippen molar-refractivity contribution in [2.45, 2.75) is 32.3 Å². The normalized spacial score (nSPS) is 10.6. The molecule has 0 saturated heterocycles. The van der Waals surface area contributed by atoms with E-state index >= 15 is 0 Å². The van der Waals surface area contributed by atoms with Crippen LogP contribution in [0.1, 0.15) is 23.2 Å². The summed E-state index contributed by atoms with van der Waals surface area (Å²) in [7, 11) is 0. The van der Waals surface area contributed by atoms with Crippen LogP contribution in [0.25, 0.3) is 0 Å². The average Bonchev–Trinajstić information content (AvgIpc) is 2.36. The van der Waals surface area contributed by atoms with Crippen molar-refractivity contribution >= 4 is 17.6 Å². The number of nitrogen functional groups attached to an aromatic ring is 1. The predicted molar refractivity (Wildman–Crippen MR) is 87.9 cm³/mol. The van der Waals surface area contributed by atoms with E-state index in [-0.39, 0.29) is 0 Å². The molecular formula is C16H21N3OS. The topological polar surface area (TPSA) is 61.0 Å². The molecule has 112 valence electrons. The van der Waals surface area contributed by atoms with Crippen molar-refractivity contribution in [2.24, 2.45) is 0 Å². The van der Waals surface area contributed by atoms with Crippen molar-refractivity contribution < 1.29 is 4.74 Å². The molecule has 1 heterocycles. The highest BCUT2D eigenvalue weighted by Gasteiger charge is 2.01. The molecule has 21 heavy (non-hydrogen) atoms. The lowest BCUT2D eigenvalue weighted by Gasteiger charge is -2.08. The number of aromatic nitrogens is 2. The van der Waals surface area contributed by atoms with Gasteiger partial charge < -0.3 is 10.5 Å². The van der Waals surface area contributed by atoms with Crippen LogP contribution in [0.5, 0.6) is 5.75 Å². The fourth-order valence-corrected chi connectivity index (χ4v) is 2.88. The zero-order valence-electron chi connectivity index (χ0n) is 12.7. The molecule has 0 spiro atoms. The first-order chi connectivity index (χ1) is 10.0. The van der Waals surface area contributed by atoms with Crippen LogP contribution in [0.3, 0.4) is 0 Å². The van der Waals surface area contributed by atoms with Crippen LogP contribution in [0.4, 0.5) is 5.82 Å². The average molecular weight is 303 g/mol. The lowest BCUT2D eigenvalue weighted by molar-refractivity contribution is 0.318. The summed E-state index contributed by atoms with van der Waals surface area (Å²) in [5, 5.41) is 0.735. The number of thioether (sulfide) groups is 1. The van der Waals surface area contributed by atoms with Gasteiger partial charge in [-0.1, -0.05) is 17.8 Å². The molecular weight excluding hydrogens is 282 g/mol. The highest BCUT2D eigenvalue weighted by Crippen LogP contribution is 2.18. The highest BCUT2D eigenvalue weighted by atomic mass is 32.2. The highest BCUT2D eigenvalue weighted by molar-refractivity contribution is 7.99. The first-order valence-corrected chi connectivity index (χ1v) is 7.96. The Morgan fingerprint density at radius 1 is 1.05 bits per heavy atom. The third-order valence-electron chi connectivity index (χ3n) is 2.84. The van der Waals surface area contributed by atoms with Gasteiger partial charge in [0, 0.05) is 17.5 Å². The van der Waals surface area contributed by atoms with Gasteiger partial charge in [-0.3, -0.25) is 0 Å². The van der Waals surface area contributed by atoms with Gasteiger partial charge in [-0.05, 0) is 50.5 Å². The maximum atomic E-state index is 5.77. The number of aryl methyl sites for hydroxylation is 3. The quantitative estimate of drug-likeness (QED) is 0.502. The van der Waals surface area contributed by atoms with Gasteiger partial charge in [0.25, 0.3) is 0 Å². The molecule has 0 bridgehead atoms. The minimum absolute atomic E-state index is 0.525. The van der Waals surface area contributed by atoms with Crippen molar-refractivity contribution in [3.8, 4) is 5.75 Å². The number of hydrogen-bond acceptors (Lipinski definition) is 5. The van der Waals surface area contributed by atoms with Gasteiger partial charge in [0.15, 0.2) is 5.16 Å². The Morgan fingerprint density at radius 3 is 2.43 bits per heavy atom. The van der Waals surface area contributed by atoms with Crippen LogP contribution >= 0.6 is 11.8 Å². The van der Waals surface area contributed by atoms with Crippen LogP contribution in [0.15, 0.2) is 29.4 Å². The fourth-order valence-electron chi connectivity index (χ4n) is 2.06. The molecule has 0 aliphatic carbocycles. The van der Waals surface area contributed by atoms with Crippen LogP contribution in [-0.4, -0.2) is 22.3 Å². The van der Waals surface area contributed by atoms with Crippen molar-refractivity contribution in [1.29, 1.82) is 0 Å². The fraction of sp³-hybridized carbons (Fsp3) is 0.375. The molecule has 5 heteroatoms. The lowest BCUT2D eigenvalue weighted by atomic mass is 10.1. The third kappa shape index (κ3) is 5.27. The number of ether oxygens (including phenoxy) is 1. The van der Waals surface area contributed by atoms with Gasteiger partial charge in [-0.2, -0.15) is 0 Å². The zero-order valence-corrected chi connectivity index (χ0v) is 13.5. The standard InChI is InChI=1S/C16H21N3OS/c1-11-7-12(2)9-14(8-11)20-5-4-6-21-16-18-13(3)10-15(17)19-16/h7-10H,4-6H2,1-3H3,(H2,17,18,19). The van der Waals surface area contributed by atoms with Gasteiger partial charge in [0.1, 0.15) is 11.6 Å². The van der Waals surface area contributed by atoms with Gasteiger partial charge in [0.05, 0.1) is 6.61 Å². The van der Waals surface area contributed by atoms with Gasteiger partial charge in [0.2, 0.25) is 0 Å². The second-order valence-electron chi connectivity index (χ2n) is 5.09. The largest absolute Gasteiger partial charge is 0.494 e. The van der Waals surface area contributed by atoms with E-state index in [0.717, 1.165) is 28.8 Å². The molecule has 0 aliphatic heterocycles. The third-order valence-corrected chi connectivity index (χ3v) is 3.77. The Labute approximate surface area is 130 Å². The molecule has 0 amide bonds. The number of anilines is 1. The minimum Gasteiger partial charge on any atom is -0.494 e. The van der Waals surface area contributed by atoms with Gasteiger partial charge in [-0.15, -0.1) is 0 Å². The molecule has 2 rings (SSSR count). The molecule has 0 atom stereocenters. The molecule has 1 aromatic carbocycles. The predicted octanol–water partition coefficient (Wildman–Crippen LogP) is 3.55. The molecule has 0 unspecified atom stereocenters. The van der Waals surface area contributed by atoms with E-state index in [1.165, 1.54) is 11.1 Å². The van der Waals surface area contributed by atoms with E-state index in [1.54, 1.807) is 17.8 Å². The number of benzene rings is 1. The van der Waals surface area contributed by atoms with E-state index in [1.807, 2.05) is 6.92 Å². The van der Waals surface area contributed by atoms with Crippen molar-refractivity contribution in [1.82, 2.24) is 9.97 Å². The summed E-state index contributed by atoms with van der Waals surface area (Å²) >= 11 is 1.61. The summed E-state index contributed by atoms with van der Waals surface area (Å²) in [6.45, 7) is 6.77. The number of rotatable bonds is 6. The summed E-state index contributed by atoms with van der Waals surface area (Å²) in [5.41, 5.74) is 9.05. The molecule has 0 fully saturated rings. The van der Waals surface area contributed by atoms with E-state index < -0.39 is 0 Å². The van der Waals surface area contributed by atoms with Crippen LogP contribution in [-0.2, 0) is 0 Å². The Hall–Kier alpha value is -1.75. The Morgan fingerprint density at radius 2 is 1.76 bits per heavy atom. The Kier molecular flexibility index (Phi) is 5.44. The minimum atomic E-state index is 0.525. The first kappa shape index (κ1) is 15.6. The van der Waals surface area contributed by atoms with Crippen molar-refractivity contribution in [3.05, 3.63) is 41.1 Å². The Bertz CT molecular complexity index is 522. The summed E-state index contributed by atoms with van der Waals surface area (Å²) in [6.07, 6.45) is 0.939. The number of nitrogens with two attached hydrogens (primary N) is 1. The molecule has 1 aromatic heterocycles. The second kappa shape index (κ2) is 7.31. The van der Waals surface area contributed by atoms with E-state index in [2.05, 4.69) is 42.0 Å². The van der Waals surface area contributed by atoms with Crippen LogP contribution in [0, 0.1) is 20.8 Å². The van der Waals surface area contributed by atoms with E-state index in [9.17, 15) is 0 Å². The SMILES string of the molecule is Cc1cc(C)cc(OCCCSc2nc(C)cc(N)n2)c1. The maximum absolute atomic E-state index is 5.77. The summed E-state index contributed by atoms with van der Waals surface area (Å²) < 4.78 is 5.77.